The largest absolute Gasteiger partial charge is 0.308 e. The van der Waals surface area contributed by atoms with Gasteiger partial charge in [0.1, 0.15) is 0 Å². The predicted molar refractivity (Wildman–Crippen MR) is 72.3 cm³/mol. The van der Waals surface area contributed by atoms with E-state index in [9.17, 15) is 0 Å². The molecule has 0 aliphatic carbocycles. The van der Waals surface area contributed by atoms with Crippen molar-refractivity contribution in [3.05, 3.63) is 38.8 Å². The van der Waals surface area contributed by atoms with E-state index in [0.29, 0.717) is 0 Å². The van der Waals surface area contributed by atoms with Crippen LogP contribution in [0.1, 0.15) is 33.6 Å². The highest BCUT2D eigenvalue weighted by Gasteiger charge is 2.05. The van der Waals surface area contributed by atoms with E-state index >= 15 is 0 Å². The van der Waals surface area contributed by atoms with Crippen LogP contribution in [0.4, 0.5) is 0 Å². The number of aryl methyl sites for hydroxylation is 3. The van der Waals surface area contributed by atoms with Gasteiger partial charge in [0.2, 0.25) is 0 Å². The minimum atomic E-state index is 0.882. The van der Waals surface area contributed by atoms with Crippen LogP contribution >= 0.6 is 11.3 Å². The highest BCUT2D eigenvalue weighted by atomic mass is 32.1. The zero-order valence-electron chi connectivity index (χ0n) is 10.6. The van der Waals surface area contributed by atoms with Gasteiger partial charge in [-0.1, -0.05) is 6.92 Å². The number of nitrogens with one attached hydrogen (secondary N) is 2. The maximum Gasteiger partial charge on any atom is 0.0638 e. The molecular weight excluding hydrogens is 230 g/mol. The van der Waals surface area contributed by atoms with Crippen LogP contribution in [0.5, 0.6) is 0 Å². The summed E-state index contributed by atoms with van der Waals surface area (Å²) in [6, 6.07) is 4.43. The molecule has 0 atom stereocenters. The summed E-state index contributed by atoms with van der Waals surface area (Å²) in [6.45, 7) is 8.13. The second kappa shape index (κ2) is 5.47. The average Bonchev–Trinajstić information content (AvgIpc) is 2.90. The molecular formula is C13H19N3S. The molecule has 2 heterocycles. The second-order valence-corrected chi connectivity index (χ2v) is 5.49. The van der Waals surface area contributed by atoms with E-state index in [1.54, 1.807) is 0 Å². The number of hydrogen-bond acceptors (Lipinski definition) is 3. The standard InChI is InChI=1S/C13H19N3S/c1-4-11-5-6-12(17-11)7-14-8-13-9(2)15-16-10(13)3/h5-6,14H,4,7-8H2,1-3H3,(H,15,16). The molecule has 2 aromatic rings. The molecule has 2 N–H and O–H groups in total. The van der Waals surface area contributed by atoms with E-state index in [-0.39, 0.29) is 0 Å². The smallest absolute Gasteiger partial charge is 0.0638 e. The third kappa shape index (κ3) is 2.96. The van der Waals surface area contributed by atoms with Crippen LogP contribution in [-0.2, 0) is 19.5 Å². The first-order valence-electron chi connectivity index (χ1n) is 5.99. The van der Waals surface area contributed by atoms with Gasteiger partial charge in [0.25, 0.3) is 0 Å². The van der Waals surface area contributed by atoms with Crippen molar-refractivity contribution in [3.8, 4) is 0 Å². The van der Waals surface area contributed by atoms with Crippen molar-refractivity contribution >= 4 is 11.3 Å². The molecule has 0 aliphatic heterocycles. The van der Waals surface area contributed by atoms with Gasteiger partial charge in [0.15, 0.2) is 0 Å². The Balaban J connectivity index is 1.87. The van der Waals surface area contributed by atoms with Gasteiger partial charge in [-0.3, -0.25) is 5.10 Å². The first kappa shape index (κ1) is 12.3. The molecule has 0 aliphatic rings. The summed E-state index contributed by atoms with van der Waals surface area (Å²) in [6.07, 6.45) is 1.13. The molecule has 3 nitrogen and oxygen atoms in total. The highest BCUT2D eigenvalue weighted by Crippen LogP contribution is 2.17. The van der Waals surface area contributed by atoms with Gasteiger partial charge in [-0.25, -0.2) is 0 Å². The van der Waals surface area contributed by atoms with Crippen LogP contribution in [0.3, 0.4) is 0 Å². The summed E-state index contributed by atoms with van der Waals surface area (Å²) in [5.74, 6) is 0. The number of aromatic amines is 1. The van der Waals surface area contributed by atoms with Crippen LogP contribution < -0.4 is 5.32 Å². The van der Waals surface area contributed by atoms with E-state index in [2.05, 4.69) is 41.5 Å². The Bertz CT molecular complexity index is 465. The first-order valence-corrected chi connectivity index (χ1v) is 6.81. The molecule has 0 bridgehead atoms. The molecule has 17 heavy (non-hydrogen) atoms. The summed E-state index contributed by atoms with van der Waals surface area (Å²) in [5, 5.41) is 10.7. The van der Waals surface area contributed by atoms with E-state index in [4.69, 9.17) is 0 Å². The molecule has 92 valence electrons. The molecule has 4 heteroatoms. The number of rotatable bonds is 5. The average molecular weight is 249 g/mol. The van der Waals surface area contributed by atoms with Gasteiger partial charge < -0.3 is 5.32 Å². The fraction of sp³-hybridized carbons (Fsp3) is 0.462. The Morgan fingerprint density at radius 1 is 1.24 bits per heavy atom. The Labute approximate surface area is 106 Å². The topological polar surface area (TPSA) is 40.7 Å². The van der Waals surface area contributed by atoms with Crippen LogP contribution in [0, 0.1) is 13.8 Å². The molecule has 2 aromatic heterocycles. The van der Waals surface area contributed by atoms with Gasteiger partial charge in [-0.05, 0) is 32.4 Å². The van der Waals surface area contributed by atoms with Gasteiger partial charge in [0, 0.05) is 34.1 Å². The van der Waals surface area contributed by atoms with Crippen LogP contribution in [0.15, 0.2) is 12.1 Å². The molecule has 0 fully saturated rings. The third-order valence-electron chi connectivity index (χ3n) is 2.95. The number of hydrogen-bond donors (Lipinski definition) is 2. The van der Waals surface area contributed by atoms with Gasteiger partial charge in [-0.15, -0.1) is 11.3 Å². The Hall–Kier alpha value is -1.13. The number of H-pyrrole nitrogens is 1. The van der Waals surface area contributed by atoms with Crippen LogP contribution in [0.25, 0.3) is 0 Å². The SMILES string of the molecule is CCc1ccc(CNCc2c(C)n[nH]c2C)s1. The van der Waals surface area contributed by atoms with E-state index in [0.717, 1.165) is 30.9 Å². The maximum atomic E-state index is 4.20. The summed E-state index contributed by atoms with van der Waals surface area (Å²) in [4.78, 5) is 2.86. The van der Waals surface area contributed by atoms with Crippen molar-refractivity contribution < 1.29 is 0 Å². The summed E-state index contributed by atoms with van der Waals surface area (Å²) in [5.41, 5.74) is 3.54. The molecule has 0 spiro atoms. The molecule has 0 saturated carbocycles. The minimum Gasteiger partial charge on any atom is -0.308 e. The Morgan fingerprint density at radius 2 is 2.00 bits per heavy atom. The molecule has 0 aromatic carbocycles. The van der Waals surface area contributed by atoms with Crippen molar-refractivity contribution in [3.63, 3.8) is 0 Å². The normalized spacial score (nSPS) is 11.0. The van der Waals surface area contributed by atoms with Gasteiger partial charge >= 0.3 is 0 Å². The van der Waals surface area contributed by atoms with Crippen molar-refractivity contribution in [2.45, 2.75) is 40.3 Å². The molecule has 0 saturated heterocycles. The highest BCUT2D eigenvalue weighted by molar-refractivity contribution is 7.11. The lowest BCUT2D eigenvalue weighted by atomic mass is 10.2. The van der Waals surface area contributed by atoms with Crippen LogP contribution in [0.2, 0.25) is 0 Å². The lowest BCUT2D eigenvalue weighted by Gasteiger charge is -2.03. The Morgan fingerprint density at radius 3 is 2.59 bits per heavy atom. The zero-order valence-corrected chi connectivity index (χ0v) is 11.4. The number of aromatic nitrogens is 2. The quantitative estimate of drug-likeness (QED) is 0.855. The van der Waals surface area contributed by atoms with Gasteiger partial charge in [0.05, 0.1) is 5.69 Å². The zero-order chi connectivity index (χ0) is 12.3. The molecule has 0 amide bonds. The van der Waals surface area contributed by atoms with E-state index in [1.165, 1.54) is 15.3 Å². The fourth-order valence-corrected chi connectivity index (χ4v) is 2.78. The van der Waals surface area contributed by atoms with Crippen molar-refractivity contribution in [1.82, 2.24) is 15.5 Å². The number of nitrogens with zero attached hydrogens (tertiary/aromatic N) is 1. The monoisotopic (exact) mass is 249 g/mol. The lowest BCUT2D eigenvalue weighted by Crippen LogP contribution is -2.12. The van der Waals surface area contributed by atoms with Crippen LogP contribution in [-0.4, -0.2) is 10.2 Å². The summed E-state index contributed by atoms with van der Waals surface area (Å²) < 4.78 is 0. The van der Waals surface area contributed by atoms with Gasteiger partial charge in [-0.2, -0.15) is 5.10 Å². The maximum absolute atomic E-state index is 4.20. The fourth-order valence-electron chi connectivity index (χ4n) is 1.85. The minimum absolute atomic E-state index is 0.882. The summed E-state index contributed by atoms with van der Waals surface area (Å²) >= 11 is 1.89. The lowest BCUT2D eigenvalue weighted by molar-refractivity contribution is 0.695. The predicted octanol–water partition coefficient (Wildman–Crippen LogP) is 2.94. The van der Waals surface area contributed by atoms with Crippen molar-refractivity contribution in [2.24, 2.45) is 0 Å². The third-order valence-corrected chi connectivity index (χ3v) is 4.18. The molecule has 2 rings (SSSR count). The number of thiophene rings is 1. The Kier molecular flexibility index (Phi) is 3.97. The molecule has 0 unspecified atom stereocenters. The summed E-state index contributed by atoms with van der Waals surface area (Å²) in [7, 11) is 0. The second-order valence-electron chi connectivity index (χ2n) is 4.24. The van der Waals surface area contributed by atoms with Crippen molar-refractivity contribution in [1.29, 1.82) is 0 Å². The van der Waals surface area contributed by atoms with E-state index in [1.807, 2.05) is 18.3 Å². The van der Waals surface area contributed by atoms with Crippen molar-refractivity contribution in [2.75, 3.05) is 0 Å². The van der Waals surface area contributed by atoms with E-state index < -0.39 is 0 Å². The molecule has 0 radical (unpaired) electrons. The first-order chi connectivity index (χ1) is 8.20.